The average molecular weight is 355 g/mol. The molecule has 0 saturated carbocycles. The molecule has 0 aliphatic heterocycles. The van der Waals surface area contributed by atoms with E-state index in [1.54, 1.807) is 35.2 Å². The molecule has 0 aliphatic carbocycles. The van der Waals surface area contributed by atoms with E-state index in [9.17, 15) is 4.79 Å². The van der Waals surface area contributed by atoms with Crippen molar-refractivity contribution in [3.63, 3.8) is 0 Å². The summed E-state index contributed by atoms with van der Waals surface area (Å²) >= 11 is 1.66. The molecule has 3 rings (SSSR count). The van der Waals surface area contributed by atoms with Gasteiger partial charge >= 0.3 is 0 Å². The van der Waals surface area contributed by atoms with Gasteiger partial charge in [0.1, 0.15) is 11.6 Å². The largest absolute Gasteiger partial charge is 0.481 e. The lowest BCUT2D eigenvalue weighted by atomic mass is 10.1. The van der Waals surface area contributed by atoms with Crippen molar-refractivity contribution in [3.8, 4) is 5.75 Å². The molecule has 0 saturated heterocycles. The van der Waals surface area contributed by atoms with Crippen LogP contribution in [0.3, 0.4) is 0 Å². The van der Waals surface area contributed by atoms with Crippen LogP contribution >= 0.6 is 11.3 Å². The highest BCUT2D eigenvalue weighted by Gasteiger charge is 2.17. The fourth-order valence-electron chi connectivity index (χ4n) is 2.60. The third kappa shape index (κ3) is 4.48. The minimum Gasteiger partial charge on any atom is -0.481 e. The van der Waals surface area contributed by atoms with Gasteiger partial charge in [-0.2, -0.15) is 5.10 Å². The van der Waals surface area contributed by atoms with Gasteiger partial charge in [0, 0.05) is 10.9 Å². The molecule has 25 heavy (non-hydrogen) atoms. The third-order valence-electron chi connectivity index (χ3n) is 3.73. The zero-order chi connectivity index (χ0) is 17.8. The number of thiophene rings is 1. The van der Waals surface area contributed by atoms with Crippen molar-refractivity contribution in [3.05, 3.63) is 64.0 Å². The summed E-state index contributed by atoms with van der Waals surface area (Å²) in [7, 11) is 0. The van der Waals surface area contributed by atoms with Crippen LogP contribution in [0, 0.1) is 13.8 Å². The smallest absolute Gasteiger partial charge is 0.266 e. The Hall–Kier alpha value is -2.60. The average Bonchev–Trinajstić information content (AvgIpc) is 3.19. The highest BCUT2D eigenvalue weighted by molar-refractivity contribution is 7.09. The molecule has 1 atom stereocenters. The number of rotatable bonds is 6. The third-order valence-corrected chi connectivity index (χ3v) is 4.59. The van der Waals surface area contributed by atoms with Gasteiger partial charge in [0.05, 0.1) is 12.7 Å². The van der Waals surface area contributed by atoms with Crippen molar-refractivity contribution >= 4 is 23.1 Å². The maximum Gasteiger partial charge on any atom is 0.266 e. The quantitative estimate of drug-likeness (QED) is 0.727. The van der Waals surface area contributed by atoms with E-state index < -0.39 is 6.10 Å². The van der Waals surface area contributed by atoms with Gasteiger partial charge in [0.25, 0.3) is 5.91 Å². The summed E-state index contributed by atoms with van der Waals surface area (Å²) in [4.78, 5) is 13.6. The predicted octanol–water partition coefficient (Wildman–Crippen LogP) is 4.02. The molecule has 0 unspecified atom stereocenters. The number of benzene rings is 1. The predicted molar refractivity (Wildman–Crippen MR) is 100 cm³/mol. The molecule has 2 heterocycles. The maximum atomic E-state index is 12.5. The number of amides is 1. The summed E-state index contributed by atoms with van der Waals surface area (Å²) in [6, 6.07) is 11.8. The van der Waals surface area contributed by atoms with Gasteiger partial charge in [-0.1, -0.05) is 12.1 Å². The summed E-state index contributed by atoms with van der Waals surface area (Å²) in [5.74, 6) is 1.16. The lowest BCUT2D eigenvalue weighted by molar-refractivity contribution is -0.122. The number of carbonyl (C=O) groups excluding carboxylic acids is 1. The molecule has 0 radical (unpaired) electrons. The van der Waals surface area contributed by atoms with E-state index in [1.165, 1.54) is 4.88 Å². The standard InChI is InChI=1S/C19H21N3O2S/c1-13-9-14(2)11-16(10-13)24-15(3)19(23)21-18-6-7-20-22(18)12-17-5-4-8-25-17/h4-11,15H,12H2,1-3H3,(H,21,23)/t15-/m0/s1. The van der Waals surface area contributed by atoms with Crippen molar-refractivity contribution in [1.82, 2.24) is 9.78 Å². The SMILES string of the molecule is Cc1cc(C)cc(O[C@@H](C)C(=O)Nc2ccnn2Cc2cccs2)c1. The minimum absolute atomic E-state index is 0.202. The Kier molecular flexibility index (Phi) is 5.19. The second-order valence-electron chi connectivity index (χ2n) is 6.03. The normalized spacial score (nSPS) is 12.0. The second-order valence-corrected chi connectivity index (χ2v) is 7.06. The van der Waals surface area contributed by atoms with Crippen molar-refractivity contribution < 1.29 is 9.53 Å². The number of aromatic nitrogens is 2. The summed E-state index contributed by atoms with van der Waals surface area (Å²) in [6.07, 6.45) is 1.07. The number of nitrogens with zero attached hydrogens (tertiary/aromatic N) is 2. The van der Waals surface area contributed by atoms with E-state index in [0.717, 1.165) is 11.1 Å². The highest BCUT2D eigenvalue weighted by Crippen LogP contribution is 2.19. The van der Waals surface area contributed by atoms with Gasteiger partial charge in [0.2, 0.25) is 0 Å². The Morgan fingerprint density at radius 3 is 2.72 bits per heavy atom. The van der Waals surface area contributed by atoms with Gasteiger partial charge in [-0.05, 0) is 55.5 Å². The molecule has 0 fully saturated rings. The molecular formula is C19H21N3O2S. The van der Waals surface area contributed by atoms with E-state index in [2.05, 4.69) is 16.5 Å². The van der Waals surface area contributed by atoms with Crippen molar-refractivity contribution in [2.45, 2.75) is 33.4 Å². The molecule has 0 spiro atoms. The van der Waals surface area contributed by atoms with Crippen molar-refractivity contribution in [2.24, 2.45) is 0 Å². The molecular weight excluding hydrogens is 334 g/mol. The number of anilines is 1. The summed E-state index contributed by atoms with van der Waals surface area (Å²) in [5, 5.41) is 9.20. The number of nitrogens with one attached hydrogen (secondary N) is 1. The van der Waals surface area contributed by atoms with E-state index in [1.807, 2.05) is 43.5 Å². The molecule has 130 valence electrons. The molecule has 6 heteroatoms. The molecule has 1 aromatic carbocycles. The van der Waals surface area contributed by atoms with Gasteiger partial charge in [0.15, 0.2) is 6.10 Å². The maximum absolute atomic E-state index is 12.5. The minimum atomic E-state index is -0.605. The van der Waals surface area contributed by atoms with E-state index >= 15 is 0 Å². The molecule has 2 aromatic heterocycles. The summed E-state index contributed by atoms with van der Waals surface area (Å²) in [5.41, 5.74) is 2.22. The number of carbonyl (C=O) groups is 1. The van der Waals surface area contributed by atoms with E-state index in [0.29, 0.717) is 18.1 Å². The first kappa shape index (κ1) is 17.2. The number of hydrogen-bond acceptors (Lipinski definition) is 4. The Bertz CT molecular complexity index is 835. The van der Waals surface area contributed by atoms with E-state index in [4.69, 9.17) is 4.74 Å². The highest BCUT2D eigenvalue weighted by atomic mass is 32.1. The van der Waals surface area contributed by atoms with Gasteiger partial charge in [-0.3, -0.25) is 4.79 Å². The zero-order valence-electron chi connectivity index (χ0n) is 14.5. The molecule has 0 aliphatic rings. The molecule has 3 aromatic rings. The zero-order valence-corrected chi connectivity index (χ0v) is 15.3. The summed E-state index contributed by atoms with van der Waals surface area (Å²) < 4.78 is 7.56. The van der Waals surface area contributed by atoms with Crippen LogP contribution in [0.4, 0.5) is 5.82 Å². The van der Waals surface area contributed by atoms with Crippen LogP contribution in [-0.4, -0.2) is 21.8 Å². The molecule has 0 bridgehead atoms. The first-order valence-electron chi connectivity index (χ1n) is 8.11. The number of aryl methyl sites for hydroxylation is 2. The van der Waals surface area contributed by atoms with Crippen molar-refractivity contribution in [2.75, 3.05) is 5.32 Å². The lowest BCUT2D eigenvalue weighted by Crippen LogP contribution is -2.31. The molecule has 1 amide bonds. The monoisotopic (exact) mass is 355 g/mol. The topological polar surface area (TPSA) is 56.1 Å². The molecule has 5 nitrogen and oxygen atoms in total. The van der Waals surface area contributed by atoms with Crippen LogP contribution in [0.15, 0.2) is 48.0 Å². The Labute approximate surface area is 151 Å². The van der Waals surface area contributed by atoms with Gasteiger partial charge in [-0.15, -0.1) is 11.3 Å². The van der Waals surface area contributed by atoms with Crippen LogP contribution in [0.2, 0.25) is 0 Å². The fraction of sp³-hybridized carbons (Fsp3) is 0.263. The summed E-state index contributed by atoms with van der Waals surface area (Å²) in [6.45, 7) is 6.39. The number of hydrogen-bond donors (Lipinski definition) is 1. The van der Waals surface area contributed by atoms with Crippen LogP contribution in [0.25, 0.3) is 0 Å². The number of ether oxygens (including phenoxy) is 1. The fourth-order valence-corrected chi connectivity index (χ4v) is 3.29. The van der Waals surface area contributed by atoms with Gasteiger partial charge in [-0.25, -0.2) is 4.68 Å². The first-order chi connectivity index (χ1) is 12.0. The van der Waals surface area contributed by atoms with Gasteiger partial charge < -0.3 is 10.1 Å². The molecule has 1 N–H and O–H groups in total. The second kappa shape index (κ2) is 7.53. The van der Waals surface area contributed by atoms with Crippen molar-refractivity contribution in [1.29, 1.82) is 0 Å². The van der Waals surface area contributed by atoms with E-state index in [-0.39, 0.29) is 5.91 Å². The van der Waals surface area contributed by atoms with Crippen LogP contribution < -0.4 is 10.1 Å². The lowest BCUT2D eigenvalue weighted by Gasteiger charge is -2.16. The first-order valence-corrected chi connectivity index (χ1v) is 8.99. The Morgan fingerprint density at radius 2 is 2.04 bits per heavy atom. The van der Waals surface area contributed by atoms with Crippen LogP contribution in [0.1, 0.15) is 22.9 Å². The Morgan fingerprint density at radius 1 is 1.28 bits per heavy atom. The van der Waals surface area contributed by atoms with Crippen LogP contribution in [0.5, 0.6) is 5.75 Å². The Balaban J connectivity index is 1.65. The van der Waals surface area contributed by atoms with Crippen LogP contribution in [-0.2, 0) is 11.3 Å².